The summed E-state index contributed by atoms with van der Waals surface area (Å²) in [5, 5.41) is 4.92. The number of aromatic nitrogens is 2. The largest absolute Gasteiger partial charge is 0.383 e. The number of thioether (sulfide) groups is 1. The van der Waals surface area contributed by atoms with Crippen molar-refractivity contribution in [1.29, 1.82) is 0 Å². The van der Waals surface area contributed by atoms with Gasteiger partial charge in [0.2, 0.25) is 0 Å². The van der Waals surface area contributed by atoms with Crippen LogP contribution in [0.4, 0.5) is 5.82 Å². The standard InChI is InChI=1S/C10H10ClN3S/c1-15-9-6-13-14(10(9)12)8-4-2-7(11)3-5-8/h2-6H,12H2,1H3. The molecule has 2 aromatic rings. The molecule has 2 N–H and O–H groups in total. The van der Waals surface area contributed by atoms with Crippen LogP contribution in [0.2, 0.25) is 5.02 Å². The molecule has 0 aliphatic carbocycles. The molecule has 2 rings (SSSR count). The number of nitrogens with zero attached hydrogens (tertiary/aromatic N) is 2. The van der Waals surface area contributed by atoms with Crippen molar-refractivity contribution in [2.75, 3.05) is 12.0 Å². The predicted octanol–water partition coefficient (Wildman–Crippen LogP) is 2.83. The third-order valence-electron chi connectivity index (χ3n) is 2.06. The topological polar surface area (TPSA) is 43.8 Å². The quantitative estimate of drug-likeness (QED) is 0.820. The maximum atomic E-state index is 5.93. The molecule has 78 valence electrons. The van der Waals surface area contributed by atoms with Crippen LogP contribution in [-0.2, 0) is 0 Å². The van der Waals surface area contributed by atoms with E-state index in [-0.39, 0.29) is 0 Å². The highest BCUT2D eigenvalue weighted by Gasteiger charge is 2.07. The number of anilines is 1. The summed E-state index contributed by atoms with van der Waals surface area (Å²) in [6, 6.07) is 7.40. The minimum Gasteiger partial charge on any atom is -0.383 e. The van der Waals surface area contributed by atoms with E-state index < -0.39 is 0 Å². The van der Waals surface area contributed by atoms with Gasteiger partial charge in [0.1, 0.15) is 5.82 Å². The number of hydrogen-bond acceptors (Lipinski definition) is 3. The summed E-state index contributed by atoms with van der Waals surface area (Å²) in [7, 11) is 0. The van der Waals surface area contributed by atoms with Crippen LogP contribution >= 0.6 is 23.4 Å². The number of benzene rings is 1. The molecule has 0 aliphatic heterocycles. The van der Waals surface area contributed by atoms with Gasteiger partial charge in [0.05, 0.1) is 16.8 Å². The Hall–Kier alpha value is -1.13. The molecule has 0 unspecified atom stereocenters. The molecular formula is C10H10ClN3S. The van der Waals surface area contributed by atoms with E-state index in [1.807, 2.05) is 30.5 Å². The van der Waals surface area contributed by atoms with Gasteiger partial charge in [-0.1, -0.05) is 11.6 Å². The van der Waals surface area contributed by atoms with Crippen molar-refractivity contribution >= 4 is 29.2 Å². The first-order chi connectivity index (χ1) is 7.22. The minimum atomic E-state index is 0.657. The highest BCUT2D eigenvalue weighted by molar-refractivity contribution is 7.98. The molecule has 1 heterocycles. The zero-order valence-corrected chi connectivity index (χ0v) is 9.72. The Morgan fingerprint density at radius 2 is 2.00 bits per heavy atom. The zero-order chi connectivity index (χ0) is 10.8. The fraction of sp³-hybridized carbons (Fsp3) is 0.100. The Bertz CT molecular complexity index is 464. The number of nitrogen functional groups attached to an aromatic ring is 1. The van der Waals surface area contributed by atoms with Crippen molar-refractivity contribution in [1.82, 2.24) is 9.78 Å². The van der Waals surface area contributed by atoms with E-state index in [9.17, 15) is 0 Å². The van der Waals surface area contributed by atoms with Crippen LogP contribution in [0.25, 0.3) is 5.69 Å². The van der Waals surface area contributed by atoms with E-state index in [4.69, 9.17) is 17.3 Å². The summed E-state index contributed by atoms with van der Waals surface area (Å²) in [6.07, 6.45) is 3.73. The average molecular weight is 240 g/mol. The summed E-state index contributed by atoms with van der Waals surface area (Å²) in [4.78, 5) is 0.977. The lowest BCUT2D eigenvalue weighted by molar-refractivity contribution is 0.891. The van der Waals surface area contributed by atoms with E-state index in [1.54, 1.807) is 22.6 Å². The monoisotopic (exact) mass is 239 g/mol. The third-order valence-corrected chi connectivity index (χ3v) is 3.07. The van der Waals surface area contributed by atoms with Gasteiger partial charge in [-0.05, 0) is 30.5 Å². The van der Waals surface area contributed by atoms with Gasteiger partial charge in [0, 0.05) is 5.02 Å². The van der Waals surface area contributed by atoms with Crippen LogP contribution in [0.3, 0.4) is 0 Å². The molecule has 3 nitrogen and oxygen atoms in total. The van der Waals surface area contributed by atoms with Crippen molar-refractivity contribution in [2.24, 2.45) is 0 Å². The van der Waals surface area contributed by atoms with Gasteiger partial charge < -0.3 is 5.73 Å². The normalized spacial score (nSPS) is 10.5. The molecule has 0 saturated heterocycles. The average Bonchev–Trinajstić information content (AvgIpc) is 2.61. The van der Waals surface area contributed by atoms with Crippen molar-refractivity contribution < 1.29 is 0 Å². The Kier molecular flexibility index (Phi) is 2.88. The molecule has 0 saturated carbocycles. The van der Waals surface area contributed by atoms with Crippen molar-refractivity contribution in [3.63, 3.8) is 0 Å². The number of hydrogen-bond donors (Lipinski definition) is 1. The summed E-state index contributed by atoms with van der Waals surface area (Å²) < 4.78 is 1.70. The number of rotatable bonds is 2. The molecule has 15 heavy (non-hydrogen) atoms. The fourth-order valence-electron chi connectivity index (χ4n) is 1.29. The maximum Gasteiger partial charge on any atom is 0.140 e. The molecule has 0 amide bonds. The van der Waals surface area contributed by atoms with Crippen LogP contribution in [-0.4, -0.2) is 16.0 Å². The van der Waals surface area contributed by atoms with Gasteiger partial charge in [0.25, 0.3) is 0 Å². The maximum absolute atomic E-state index is 5.93. The molecular weight excluding hydrogens is 230 g/mol. The first-order valence-electron chi connectivity index (χ1n) is 4.36. The highest BCUT2D eigenvalue weighted by atomic mass is 35.5. The molecule has 0 atom stereocenters. The van der Waals surface area contributed by atoms with Gasteiger partial charge in [-0.15, -0.1) is 11.8 Å². The molecule has 5 heteroatoms. The van der Waals surface area contributed by atoms with Gasteiger partial charge in [-0.2, -0.15) is 5.10 Å². The smallest absolute Gasteiger partial charge is 0.140 e. The van der Waals surface area contributed by atoms with E-state index >= 15 is 0 Å². The fourth-order valence-corrected chi connectivity index (χ4v) is 1.86. The second-order valence-electron chi connectivity index (χ2n) is 2.99. The molecule has 0 fully saturated rings. The van der Waals surface area contributed by atoms with E-state index in [0.717, 1.165) is 10.6 Å². The molecule has 0 spiro atoms. The molecule has 1 aromatic carbocycles. The lowest BCUT2D eigenvalue weighted by atomic mass is 10.3. The Labute approximate surface area is 97.2 Å². The molecule has 0 radical (unpaired) electrons. The first kappa shape index (κ1) is 10.4. The van der Waals surface area contributed by atoms with Crippen LogP contribution in [0.5, 0.6) is 0 Å². The van der Waals surface area contributed by atoms with Crippen LogP contribution in [0, 0.1) is 0 Å². The van der Waals surface area contributed by atoms with E-state index in [1.165, 1.54) is 0 Å². The zero-order valence-electron chi connectivity index (χ0n) is 8.14. The molecule has 1 aromatic heterocycles. The number of nitrogens with two attached hydrogens (primary N) is 1. The van der Waals surface area contributed by atoms with Crippen LogP contribution < -0.4 is 5.73 Å². The lowest BCUT2D eigenvalue weighted by Crippen LogP contribution is -2.01. The second-order valence-corrected chi connectivity index (χ2v) is 4.27. The Balaban J connectivity index is 2.45. The van der Waals surface area contributed by atoms with Gasteiger partial charge in [-0.3, -0.25) is 0 Å². The summed E-state index contributed by atoms with van der Waals surface area (Å²) in [5.41, 5.74) is 6.84. The summed E-state index contributed by atoms with van der Waals surface area (Å²) >= 11 is 7.39. The van der Waals surface area contributed by atoms with Gasteiger partial charge in [0.15, 0.2) is 0 Å². The third kappa shape index (κ3) is 1.96. The summed E-state index contributed by atoms with van der Waals surface area (Å²) in [5.74, 6) is 0.657. The highest BCUT2D eigenvalue weighted by Crippen LogP contribution is 2.25. The van der Waals surface area contributed by atoms with E-state index in [2.05, 4.69) is 5.10 Å². The molecule has 0 aliphatic rings. The predicted molar refractivity (Wildman–Crippen MR) is 64.8 cm³/mol. The first-order valence-corrected chi connectivity index (χ1v) is 5.96. The van der Waals surface area contributed by atoms with E-state index in [0.29, 0.717) is 10.8 Å². The van der Waals surface area contributed by atoms with Gasteiger partial charge in [-0.25, -0.2) is 4.68 Å². The second kappa shape index (κ2) is 4.16. The lowest BCUT2D eigenvalue weighted by Gasteiger charge is -2.04. The SMILES string of the molecule is CSc1cnn(-c2ccc(Cl)cc2)c1N. The minimum absolute atomic E-state index is 0.657. The van der Waals surface area contributed by atoms with Gasteiger partial charge >= 0.3 is 0 Å². The van der Waals surface area contributed by atoms with Crippen molar-refractivity contribution in [3.8, 4) is 5.69 Å². The van der Waals surface area contributed by atoms with Crippen LogP contribution in [0.15, 0.2) is 35.4 Å². The van der Waals surface area contributed by atoms with Crippen LogP contribution in [0.1, 0.15) is 0 Å². The Morgan fingerprint density at radius 1 is 1.33 bits per heavy atom. The Morgan fingerprint density at radius 3 is 2.53 bits per heavy atom. The summed E-state index contributed by atoms with van der Waals surface area (Å²) in [6.45, 7) is 0. The van der Waals surface area contributed by atoms with Crippen molar-refractivity contribution in [3.05, 3.63) is 35.5 Å². The van der Waals surface area contributed by atoms with Crippen molar-refractivity contribution in [2.45, 2.75) is 4.90 Å². The number of halogens is 1. The molecule has 0 bridgehead atoms.